The predicted molar refractivity (Wildman–Crippen MR) is 218 cm³/mol. The predicted octanol–water partition coefficient (Wildman–Crippen LogP) is 14.1. The van der Waals surface area contributed by atoms with Crippen LogP contribution in [-0.4, -0.2) is 0 Å². The molecule has 0 aromatic heterocycles. The molecule has 0 radical (unpaired) electrons. The SMILES string of the molecule is c1ccc(-c2ccc(-c3ccc(N(c4ccc(-c5ccccc5)cc4)c4ccc(-c5cc6ccccc6c6ccccc56)cc4)cc3)cc2)cc1. The number of hydrogen-bond donors (Lipinski definition) is 0. The van der Waals surface area contributed by atoms with Crippen LogP contribution in [0.25, 0.3) is 66.1 Å². The lowest BCUT2D eigenvalue weighted by Gasteiger charge is -2.26. The molecule has 1 nitrogen and oxygen atoms in total. The van der Waals surface area contributed by atoms with Gasteiger partial charge in [0.25, 0.3) is 0 Å². The average Bonchev–Trinajstić information content (AvgIpc) is 3.22. The molecule has 0 bridgehead atoms. The van der Waals surface area contributed by atoms with Crippen molar-refractivity contribution >= 4 is 38.6 Å². The average molecular weight is 650 g/mol. The highest BCUT2D eigenvalue weighted by Gasteiger charge is 2.15. The molecular formula is C50H35N. The van der Waals surface area contributed by atoms with Gasteiger partial charge in [0.2, 0.25) is 0 Å². The van der Waals surface area contributed by atoms with Crippen LogP contribution >= 0.6 is 0 Å². The summed E-state index contributed by atoms with van der Waals surface area (Å²) in [6.45, 7) is 0. The molecule has 0 aliphatic carbocycles. The maximum Gasteiger partial charge on any atom is 0.0462 e. The fraction of sp³-hybridized carbons (Fsp3) is 0. The number of rotatable bonds is 7. The summed E-state index contributed by atoms with van der Waals surface area (Å²) >= 11 is 0. The van der Waals surface area contributed by atoms with Crippen LogP contribution in [0.2, 0.25) is 0 Å². The highest BCUT2D eigenvalue weighted by molar-refractivity contribution is 6.13. The minimum Gasteiger partial charge on any atom is -0.311 e. The number of benzene rings is 9. The largest absolute Gasteiger partial charge is 0.311 e. The van der Waals surface area contributed by atoms with Crippen molar-refractivity contribution in [2.45, 2.75) is 0 Å². The lowest BCUT2D eigenvalue weighted by atomic mass is 9.93. The molecule has 240 valence electrons. The number of hydrogen-bond acceptors (Lipinski definition) is 1. The first-order valence-corrected chi connectivity index (χ1v) is 17.5. The zero-order valence-electron chi connectivity index (χ0n) is 28.2. The van der Waals surface area contributed by atoms with Gasteiger partial charge >= 0.3 is 0 Å². The zero-order valence-corrected chi connectivity index (χ0v) is 28.2. The summed E-state index contributed by atoms with van der Waals surface area (Å²) in [6, 6.07) is 76.5. The molecule has 0 aliphatic rings. The maximum absolute atomic E-state index is 2.35. The van der Waals surface area contributed by atoms with Gasteiger partial charge in [-0.25, -0.2) is 0 Å². The molecule has 0 heterocycles. The smallest absolute Gasteiger partial charge is 0.0462 e. The van der Waals surface area contributed by atoms with Crippen molar-refractivity contribution in [3.63, 3.8) is 0 Å². The van der Waals surface area contributed by atoms with Crippen molar-refractivity contribution in [1.82, 2.24) is 0 Å². The normalized spacial score (nSPS) is 11.1. The van der Waals surface area contributed by atoms with Crippen LogP contribution in [0.15, 0.2) is 212 Å². The van der Waals surface area contributed by atoms with Crippen molar-refractivity contribution in [1.29, 1.82) is 0 Å². The van der Waals surface area contributed by atoms with E-state index in [-0.39, 0.29) is 0 Å². The third kappa shape index (κ3) is 5.96. The summed E-state index contributed by atoms with van der Waals surface area (Å²) < 4.78 is 0. The summed E-state index contributed by atoms with van der Waals surface area (Å²) in [5.74, 6) is 0. The van der Waals surface area contributed by atoms with Crippen LogP contribution in [0.1, 0.15) is 0 Å². The molecule has 9 aromatic rings. The molecule has 9 rings (SSSR count). The van der Waals surface area contributed by atoms with Gasteiger partial charge in [0.05, 0.1) is 0 Å². The molecule has 0 N–H and O–H groups in total. The van der Waals surface area contributed by atoms with E-state index in [0.29, 0.717) is 0 Å². The highest BCUT2D eigenvalue weighted by atomic mass is 15.1. The Morgan fingerprint density at radius 2 is 0.569 bits per heavy atom. The van der Waals surface area contributed by atoms with Gasteiger partial charge in [-0.2, -0.15) is 0 Å². The molecule has 0 atom stereocenters. The summed E-state index contributed by atoms with van der Waals surface area (Å²) in [6.07, 6.45) is 0. The lowest BCUT2D eigenvalue weighted by Crippen LogP contribution is -2.09. The molecule has 0 aliphatic heterocycles. The van der Waals surface area contributed by atoms with Gasteiger partial charge in [-0.1, -0.05) is 170 Å². The van der Waals surface area contributed by atoms with Crippen molar-refractivity contribution in [3.05, 3.63) is 212 Å². The van der Waals surface area contributed by atoms with Crippen molar-refractivity contribution in [3.8, 4) is 44.5 Å². The third-order valence-electron chi connectivity index (χ3n) is 9.89. The van der Waals surface area contributed by atoms with Crippen LogP contribution in [0.5, 0.6) is 0 Å². The number of fused-ring (bicyclic) bond motifs is 3. The van der Waals surface area contributed by atoms with E-state index in [9.17, 15) is 0 Å². The first kappa shape index (κ1) is 30.4. The standard InChI is InChI=1S/C50H35N/c1-3-11-36(12-4-1)38-19-21-39(22-20-38)41-25-31-45(32-26-41)51(44-29-23-40(24-30-44)37-13-5-2-6-14-37)46-33-27-42(28-34-46)50-35-43-15-7-8-16-47(43)48-17-9-10-18-49(48)50/h1-35H. The molecule has 0 spiro atoms. The van der Waals surface area contributed by atoms with Gasteiger partial charge in [-0.05, 0) is 109 Å². The Morgan fingerprint density at radius 3 is 1.04 bits per heavy atom. The van der Waals surface area contributed by atoms with E-state index in [2.05, 4.69) is 217 Å². The van der Waals surface area contributed by atoms with Gasteiger partial charge in [-0.3, -0.25) is 0 Å². The molecule has 0 unspecified atom stereocenters. The van der Waals surface area contributed by atoms with Gasteiger partial charge < -0.3 is 4.90 Å². The quantitative estimate of drug-likeness (QED) is 0.155. The lowest BCUT2D eigenvalue weighted by molar-refractivity contribution is 1.28. The first-order valence-electron chi connectivity index (χ1n) is 17.5. The summed E-state index contributed by atoms with van der Waals surface area (Å²) in [7, 11) is 0. The van der Waals surface area contributed by atoms with Gasteiger partial charge in [0.15, 0.2) is 0 Å². The minimum atomic E-state index is 1.11. The molecule has 1 heteroatoms. The van der Waals surface area contributed by atoms with Crippen LogP contribution in [0.3, 0.4) is 0 Å². The van der Waals surface area contributed by atoms with Crippen molar-refractivity contribution in [2.24, 2.45) is 0 Å². The Hall–Kier alpha value is -6.70. The molecule has 0 saturated carbocycles. The Bertz CT molecular complexity index is 2570. The van der Waals surface area contributed by atoms with E-state index >= 15 is 0 Å². The Morgan fingerprint density at radius 1 is 0.235 bits per heavy atom. The second-order valence-electron chi connectivity index (χ2n) is 13.0. The van der Waals surface area contributed by atoms with Gasteiger partial charge in [0.1, 0.15) is 0 Å². The third-order valence-corrected chi connectivity index (χ3v) is 9.89. The second kappa shape index (κ2) is 13.3. The Labute approximate surface area is 299 Å². The Kier molecular flexibility index (Phi) is 7.92. The van der Waals surface area contributed by atoms with E-state index in [1.165, 1.54) is 66.1 Å². The summed E-state index contributed by atoms with van der Waals surface area (Å²) in [5, 5.41) is 5.09. The van der Waals surface area contributed by atoms with Crippen LogP contribution < -0.4 is 4.90 Å². The van der Waals surface area contributed by atoms with Crippen molar-refractivity contribution < 1.29 is 0 Å². The second-order valence-corrected chi connectivity index (χ2v) is 13.0. The first-order chi connectivity index (χ1) is 25.3. The number of nitrogens with zero attached hydrogens (tertiary/aromatic N) is 1. The summed E-state index contributed by atoms with van der Waals surface area (Å²) in [4.78, 5) is 2.35. The Balaban J connectivity index is 1.09. The van der Waals surface area contributed by atoms with Gasteiger partial charge in [-0.15, -0.1) is 0 Å². The molecule has 0 saturated heterocycles. The van der Waals surface area contributed by atoms with Gasteiger partial charge in [0, 0.05) is 17.1 Å². The fourth-order valence-electron chi connectivity index (χ4n) is 7.25. The van der Waals surface area contributed by atoms with Crippen molar-refractivity contribution in [2.75, 3.05) is 4.90 Å². The van der Waals surface area contributed by atoms with E-state index in [4.69, 9.17) is 0 Å². The van der Waals surface area contributed by atoms with E-state index in [1.807, 2.05) is 0 Å². The zero-order chi connectivity index (χ0) is 34.0. The van der Waals surface area contributed by atoms with E-state index in [1.54, 1.807) is 0 Å². The molecule has 51 heavy (non-hydrogen) atoms. The topological polar surface area (TPSA) is 3.24 Å². The molecule has 0 amide bonds. The molecule has 0 fully saturated rings. The fourth-order valence-corrected chi connectivity index (χ4v) is 7.25. The van der Waals surface area contributed by atoms with Crippen LogP contribution in [0.4, 0.5) is 17.1 Å². The van der Waals surface area contributed by atoms with E-state index in [0.717, 1.165) is 17.1 Å². The van der Waals surface area contributed by atoms with Crippen LogP contribution in [0, 0.1) is 0 Å². The maximum atomic E-state index is 2.35. The van der Waals surface area contributed by atoms with Crippen LogP contribution in [-0.2, 0) is 0 Å². The highest BCUT2D eigenvalue weighted by Crippen LogP contribution is 2.40. The monoisotopic (exact) mass is 649 g/mol. The number of anilines is 3. The van der Waals surface area contributed by atoms with E-state index < -0.39 is 0 Å². The minimum absolute atomic E-state index is 1.11. The molecule has 9 aromatic carbocycles. The molecular weight excluding hydrogens is 615 g/mol. The summed E-state index contributed by atoms with van der Waals surface area (Å²) in [5.41, 5.74) is 13.0.